The van der Waals surface area contributed by atoms with Gasteiger partial charge in [0.15, 0.2) is 0 Å². The van der Waals surface area contributed by atoms with Crippen LogP contribution in [-0.4, -0.2) is 37.4 Å². The lowest BCUT2D eigenvalue weighted by Gasteiger charge is -2.38. The maximum absolute atomic E-state index is 11.7. The molecule has 0 bridgehead atoms. The summed E-state index contributed by atoms with van der Waals surface area (Å²) >= 11 is 0. The normalized spacial score (nSPS) is 17.9. The van der Waals surface area contributed by atoms with E-state index in [0.717, 1.165) is 0 Å². The molecule has 4 nitrogen and oxygen atoms in total. The van der Waals surface area contributed by atoms with E-state index in [1.54, 1.807) is 6.21 Å². The lowest BCUT2D eigenvalue weighted by atomic mass is 10.1. The van der Waals surface area contributed by atoms with E-state index in [9.17, 15) is 4.79 Å². The molecule has 0 spiro atoms. The number of carbonyl (C=O) groups excluding carboxylic acids is 1. The Morgan fingerprint density at radius 1 is 1.20 bits per heavy atom. The number of carbonyl (C=O) groups is 1. The molecule has 1 aliphatic heterocycles. The topological polar surface area (TPSA) is 41.9 Å². The molecule has 1 amide bonds. The van der Waals surface area contributed by atoms with Gasteiger partial charge >= 0.3 is 0 Å². The van der Waals surface area contributed by atoms with E-state index in [-0.39, 0.29) is 16.5 Å². The summed E-state index contributed by atoms with van der Waals surface area (Å²) in [5, 5.41) is 0.116. The lowest BCUT2D eigenvalue weighted by Crippen LogP contribution is -2.42. The highest BCUT2D eigenvalue weighted by Crippen LogP contribution is 2.38. The maximum atomic E-state index is 11.7. The van der Waals surface area contributed by atoms with E-state index >= 15 is 0 Å². The summed E-state index contributed by atoms with van der Waals surface area (Å²) in [4.78, 5) is 17.7. The second kappa shape index (κ2) is 5.35. The Bertz CT molecular complexity index is 440. The zero-order chi connectivity index (χ0) is 15.8. The summed E-state index contributed by atoms with van der Waals surface area (Å²) in [7, 11) is -1.92. The van der Waals surface area contributed by atoms with Gasteiger partial charge in [-0.2, -0.15) is 0 Å². The van der Waals surface area contributed by atoms with Crippen LogP contribution in [0, 0.1) is 0 Å². The smallest absolute Gasteiger partial charge is 0.265 e. The first-order valence-electron chi connectivity index (χ1n) is 7.07. The molecule has 0 radical (unpaired) electrons. The first-order chi connectivity index (χ1) is 8.83. The molecule has 20 heavy (non-hydrogen) atoms. The molecule has 0 unspecified atom stereocenters. The molecule has 0 fully saturated rings. The molecule has 1 rings (SSSR count). The molecular weight excluding hydrogens is 268 g/mol. The van der Waals surface area contributed by atoms with Gasteiger partial charge in [0.2, 0.25) is 0 Å². The van der Waals surface area contributed by atoms with Crippen molar-refractivity contribution in [3.63, 3.8) is 0 Å². The molecule has 0 aromatic carbocycles. The van der Waals surface area contributed by atoms with Crippen molar-refractivity contribution in [1.29, 1.82) is 0 Å². The zero-order valence-electron chi connectivity index (χ0n) is 14.1. The van der Waals surface area contributed by atoms with Crippen LogP contribution in [0.1, 0.15) is 41.5 Å². The lowest BCUT2D eigenvalue weighted by molar-refractivity contribution is -0.119. The molecule has 1 aliphatic rings. The van der Waals surface area contributed by atoms with Crippen LogP contribution >= 0.6 is 0 Å². The molecule has 0 atom stereocenters. The quantitative estimate of drug-likeness (QED) is 0.732. The molecule has 0 aromatic rings. The number of allylic oxidation sites excluding steroid dienone is 1. The van der Waals surface area contributed by atoms with Gasteiger partial charge in [-0.15, -0.1) is 0 Å². The molecule has 1 heterocycles. The fraction of sp³-hybridized carbons (Fsp3) is 0.733. The van der Waals surface area contributed by atoms with Crippen molar-refractivity contribution in [2.45, 2.75) is 65.2 Å². The van der Waals surface area contributed by atoms with Gasteiger partial charge in [-0.1, -0.05) is 20.8 Å². The summed E-state index contributed by atoms with van der Waals surface area (Å²) in [5.41, 5.74) is -0.134. The van der Waals surface area contributed by atoms with E-state index in [1.807, 2.05) is 11.1 Å². The van der Waals surface area contributed by atoms with Crippen molar-refractivity contribution in [2.24, 2.45) is 4.99 Å². The zero-order valence-corrected chi connectivity index (χ0v) is 15.1. The maximum Gasteiger partial charge on any atom is 0.265 e. The molecule has 0 saturated carbocycles. The van der Waals surface area contributed by atoms with Gasteiger partial charge in [0, 0.05) is 11.7 Å². The van der Waals surface area contributed by atoms with E-state index in [0.29, 0.717) is 12.3 Å². The minimum Gasteiger partial charge on any atom is -0.541 e. The summed E-state index contributed by atoms with van der Waals surface area (Å²) < 4.78 is 6.25. The highest BCUT2D eigenvalue weighted by Gasteiger charge is 2.39. The first-order valence-corrected chi connectivity index (χ1v) is 9.98. The number of rotatable bonds is 2. The minimum absolute atomic E-state index is 0.116. The fourth-order valence-electron chi connectivity index (χ4n) is 1.49. The van der Waals surface area contributed by atoms with Gasteiger partial charge < -0.3 is 9.33 Å². The summed E-state index contributed by atoms with van der Waals surface area (Å²) in [6, 6.07) is 0. The van der Waals surface area contributed by atoms with Crippen LogP contribution < -0.4 is 0 Å². The van der Waals surface area contributed by atoms with E-state index in [2.05, 4.69) is 59.6 Å². The van der Waals surface area contributed by atoms with Gasteiger partial charge in [-0.25, -0.2) is 4.99 Å². The van der Waals surface area contributed by atoms with Crippen LogP contribution in [-0.2, 0) is 9.22 Å². The minimum atomic E-state index is -1.92. The molecule has 0 saturated heterocycles. The van der Waals surface area contributed by atoms with Crippen molar-refractivity contribution in [2.75, 3.05) is 6.54 Å². The van der Waals surface area contributed by atoms with Crippen LogP contribution in [0.15, 0.2) is 17.0 Å². The van der Waals surface area contributed by atoms with Crippen LogP contribution in [0.3, 0.4) is 0 Å². The number of hydrogen-bond donors (Lipinski definition) is 0. The summed E-state index contributed by atoms with van der Waals surface area (Å²) in [6.45, 7) is 17.5. The Labute approximate surface area is 124 Å². The van der Waals surface area contributed by atoms with Crippen molar-refractivity contribution < 1.29 is 9.22 Å². The molecule has 0 aromatic heterocycles. The molecule has 0 N–H and O–H groups in total. The van der Waals surface area contributed by atoms with E-state index in [1.165, 1.54) is 0 Å². The number of hydrogen-bond acceptors (Lipinski definition) is 3. The van der Waals surface area contributed by atoms with Crippen LogP contribution in [0.5, 0.6) is 0 Å². The fourth-order valence-corrected chi connectivity index (χ4v) is 2.49. The number of amides is 1. The monoisotopic (exact) mass is 296 g/mol. The molecular formula is C15H28N2O2Si. The van der Waals surface area contributed by atoms with Gasteiger partial charge in [0.1, 0.15) is 5.76 Å². The van der Waals surface area contributed by atoms with Crippen molar-refractivity contribution in [3.8, 4) is 0 Å². The van der Waals surface area contributed by atoms with Crippen molar-refractivity contribution >= 4 is 20.4 Å². The van der Waals surface area contributed by atoms with Crippen LogP contribution in [0.4, 0.5) is 0 Å². The molecule has 114 valence electrons. The average molecular weight is 296 g/mol. The van der Waals surface area contributed by atoms with E-state index in [4.69, 9.17) is 4.43 Å². The van der Waals surface area contributed by atoms with Gasteiger partial charge in [-0.05, 0) is 38.9 Å². The summed E-state index contributed by atoms with van der Waals surface area (Å²) in [6.07, 6.45) is 3.49. The Kier molecular flexibility index (Phi) is 4.54. The molecule has 0 aliphatic carbocycles. The summed E-state index contributed by atoms with van der Waals surface area (Å²) in [5.74, 6) is 0.558. The first kappa shape index (κ1) is 16.9. The standard InChI is InChI=1S/C15H28N2O2Si/c1-14(2,3)17-10-12(9-16-13(18)11-17)19-20(7,8)15(4,5)6/h9-10H,11H2,1-8H3. The van der Waals surface area contributed by atoms with Crippen molar-refractivity contribution in [3.05, 3.63) is 12.0 Å². The Hall–Kier alpha value is -1.10. The second-order valence-corrected chi connectivity index (χ2v) is 12.6. The largest absolute Gasteiger partial charge is 0.541 e. The Morgan fingerprint density at radius 2 is 1.75 bits per heavy atom. The third-order valence-corrected chi connectivity index (χ3v) is 8.32. The SMILES string of the molecule is CC(C)(C)N1C=C(O[Si](C)(C)C(C)(C)C)C=NC(=O)C1. The van der Waals surface area contributed by atoms with E-state index < -0.39 is 8.32 Å². The number of aliphatic imine (C=N–C) groups is 1. The highest BCUT2D eigenvalue weighted by molar-refractivity contribution is 6.74. The van der Waals surface area contributed by atoms with Gasteiger partial charge in [0.05, 0.1) is 12.8 Å². The molecule has 5 heteroatoms. The van der Waals surface area contributed by atoms with Gasteiger partial charge in [0.25, 0.3) is 14.2 Å². The predicted octanol–water partition coefficient (Wildman–Crippen LogP) is 3.56. The van der Waals surface area contributed by atoms with Crippen LogP contribution in [0.2, 0.25) is 18.1 Å². The van der Waals surface area contributed by atoms with Gasteiger partial charge in [-0.3, -0.25) is 4.79 Å². The van der Waals surface area contributed by atoms with Crippen molar-refractivity contribution in [1.82, 2.24) is 4.90 Å². The number of nitrogens with zero attached hydrogens (tertiary/aromatic N) is 2. The van der Waals surface area contributed by atoms with Crippen LogP contribution in [0.25, 0.3) is 0 Å². The second-order valence-electron chi connectivity index (χ2n) is 7.84. The average Bonchev–Trinajstić information content (AvgIpc) is 2.38. The third-order valence-electron chi connectivity index (χ3n) is 3.97. The highest BCUT2D eigenvalue weighted by atomic mass is 28.4. The Morgan fingerprint density at radius 3 is 2.20 bits per heavy atom. The Balaban J connectivity index is 3.05. The third kappa shape index (κ3) is 4.20. The predicted molar refractivity (Wildman–Crippen MR) is 86.3 cm³/mol.